The second-order valence-corrected chi connectivity index (χ2v) is 9.33. The van der Waals surface area contributed by atoms with Gasteiger partial charge >= 0.3 is 5.97 Å². The van der Waals surface area contributed by atoms with E-state index in [0.29, 0.717) is 23.6 Å². The fourth-order valence-electron chi connectivity index (χ4n) is 4.45. The van der Waals surface area contributed by atoms with Crippen LogP contribution in [-0.2, 0) is 19.1 Å². The molecule has 9 nitrogen and oxygen atoms in total. The molecule has 1 fully saturated rings. The van der Waals surface area contributed by atoms with Gasteiger partial charge in [0.05, 0.1) is 51.2 Å². The number of methoxy groups -OCH3 is 2. The third-order valence-electron chi connectivity index (χ3n) is 6.23. The molecule has 0 spiro atoms. The molecule has 3 heterocycles. The molecule has 4 rings (SSSR count). The molecule has 1 saturated heterocycles. The van der Waals surface area contributed by atoms with Crippen LogP contribution < -0.4 is 10.1 Å². The molecule has 0 radical (unpaired) electrons. The number of carbonyl (C=O) groups is 2. The van der Waals surface area contributed by atoms with Gasteiger partial charge < -0.3 is 24.4 Å². The zero-order chi connectivity index (χ0) is 24.8. The van der Waals surface area contributed by atoms with Crippen molar-refractivity contribution in [3.05, 3.63) is 52.2 Å². The second kappa shape index (κ2) is 11.7. The minimum atomic E-state index is -0.472. The van der Waals surface area contributed by atoms with Gasteiger partial charge in [0.15, 0.2) is 5.17 Å². The number of nitrogens with zero attached hydrogens (tertiary/aromatic N) is 3. The largest absolute Gasteiger partial charge is 0.497 e. The number of morpholine rings is 1. The van der Waals surface area contributed by atoms with Gasteiger partial charge in [0, 0.05) is 25.3 Å². The van der Waals surface area contributed by atoms with Crippen LogP contribution in [0.25, 0.3) is 0 Å². The Morgan fingerprint density at radius 3 is 2.80 bits per heavy atom. The smallest absolute Gasteiger partial charge is 0.338 e. The molecule has 35 heavy (non-hydrogen) atoms. The van der Waals surface area contributed by atoms with Crippen molar-refractivity contribution in [2.24, 2.45) is 4.99 Å². The number of aliphatic imine (C=N–C) groups is 1. The van der Waals surface area contributed by atoms with Gasteiger partial charge in [-0.25, -0.2) is 9.79 Å². The van der Waals surface area contributed by atoms with Crippen LogP contribution >= 0.6 is 11.8 Å². The van der Waals surface area contributed by atoms with Crippen molar-refractivity contribution < 1.29 is 23.8 Å². The third kappa shape index (κ3) is 5.88. The Kier molecular flexibility index (Phi) is 8.48. The Morgan fingerprint density at radius 1 is 1.26 bits per heavy atom. The molecule has 0 saturated carbocycles. The number of benzene rings is 1. The minimum absolute atomic E-state index is 0.0598. The summed E-state index contributed by atoms with van der Waals surface area (Å²) in [7, 11) is 2.97. The summed E-state index contributed by atoms with van der Waals surface area (Å²) in [5.74, 6) is 0.182. The quantitative estimate of drug-likeness (QED) is 0.409. The van der Waals surface area contributed by atoms with E-state index in [4.69, 9.17) is 14.2 Å². The van der Waals surface area contributed by atoms with Crippen molar-refractivity contribution in [2.75, 3.05) is 53.6 Å². The summed E-state index contributed by atoms with van der Waals surface area (Å²) in [6.07, 6.45) is 1.08. The van der Waals surface area contributed by atoms with Crippen molar-refractivity contribution in [2.45, 2.75) is 25.8 Å². The second-order valence-electron chi connectivity index (χ2n) is 8.50. The summed E-state index contributed by atoms with van der Waals surface area (Å²) >= 11 is 1.45. The van der Waals surface area contributed by atoms with Crippen LogP contribution in [0.15, 0.2) is 51.6 Å². The molecule has 1 aromatic carbocycles. The zero-order valence-electron chi connectivity index (χ0n) is 20.4. The van der Waals surface area contributed by atoms with Gasteiger partial charge in [-0.2, -0.15) is 0 Å². The van der Waals surface area contributed by atoms with E-state index in [1.54, 1.807) is 7.11 Å². The summed E-state index contributed by atoms with van der Waals surface area (Å²) in [5, 5.41) is 5.71. The van der Waals surface area contributed by atoms with E-state index < -0.39 is 12.0 Å². The standard InChI is InChI=1S/C25H32N4O5S/c1-17-22(24(31)33-3)23(18-6-4-7-20(14-18)32-2)29-19(16-35-25(29)27-17)15-21(30)26-8-5-9-28-10-12-34-13-11-28/h4,6-7,14,16,23H,5,8-13,15H2,1-3H3,(H,26,30). The van der Waals surface area contributed by atoms with Crippen molar-refractivity contribution in [1.29, 1.82) is 0 Å². The highest BCUT2D eigenvalue weighted by Crippen LogP contribution is 2.45. The Labute approximate surface area is 210 Å². The first-order valence-corrected chi connectivity index (χ1v) is 12.6. The number of thioether (sulfide) groups is 1. The van der Waals surface area contributed by atoms with E-state index in [2.05, 4.69) is 15.2 Å². The number of hydrogen-bond acceptors (Lipinski definition) is 9. The molecule has 0 bridgehead atoms. The first kappa shape index (κ1) is 25.3. The maximum atomic E-state index is 12.8. The number of nitrogens with one attached hydrogen (secondary N) is 1. The summed E-state index contributed by atoms with van der Waals surface area (Å²) in [5.41, 5.74) is 2.70. The van der Waals surface area contributed by atoms with Crippen molar-refractivity contribution in [3.63, 3.8) is 0 Å². The van der Waals surface area contributed by atoms with Crippen molar-refractivity contribution in [3.8, 4) is 5.75 Å². The van der Waals surface area contributed by atoms with E-state index in [9.17, 15) is 9.59 Å². The number of fused-ring (bicyclic) bond motifs is 1. The number of hydrogen-bond donors (Lipinski definition) is 1. The van der Waals surface area contributed by atoms with Gasteiger partial charge in [-0.1, -0.05) is 23.9 Å². The molecule has 188 valence electrons. The Bertz CT molecular complexity index is 1050. The number of amidine groups is 1. The number of amides is 1. The maximum Gasteiger partial charge on any atom is 0.338 e. The molecule has 1 aromatic rings. The fraction of sp³-hybridized carbons (Fsp3) is 0.480. The predicted molar refractivity (Wildman–Crippen MR) is 135 cm³/mol. The average Bonchev–Trinajstić information content (AvgIpc) is 3.27. The van der Waals surface area contributed by atoms with Gasteiger partial charge in [-0.15, -0.1) is 0 Å². The molecule has 1 N–H and O–H groups in total. The molecule has 1 unspecified atom stereocenters. The third-order valence-corrected chi connectivity index (χ3v) is 7.12. The highest BCUT2D eigenvalue weighted by atomic mass is 32.2. The van der Waals surface area contributed by atoms with E-state index in [1.165, 1.54) is 18.9 Å². The average molecular weight is 501 g/mol. The zero-order valence-corrected chi connectivity index (χ0v) is 21.2. The maximum absolute atomic E-state index is 12.8. The van der Waals surface area contributed by atoms with Gasteiger partial charge in [-0.05, 0) is 43.0 Å². The molecular formula is C25H32N4O5S. The lowest BCUT2D eigenvalue weighted by molar-refractivity contribution is -0.136. The lowest BCUT2D eigenvalue weighted by Gasteiger charge is -2.36. The molecule has 0 aliphatic carbocycles. The number of carbonyl (C=O) groups excluding carboxylic acids is 2. The molecule has 0 aromatic heterocycles. The van der Waals surface area contributed by atoms with Crippen LogP contribution in [0.4, 0.5) is 0 Å². The first-order chi connectivity index (χ1) is 17.0. The molecule has 10 heteroatoms. The molecule has 3 aliphatic heterocycles. The monoisotopic (exact) mass is 500 g/mol. The normalized spacial score (nSPS) is 20.2. The van der Waals surface area contributed by atoms with E-state index in [-0.39, 0.29) is 12.3 Å². The highest BCUT2D eigenvalue weighted by molar-refractivity contribution is 8.16. The van der Waals surface area contributed by atoms with Crippen LogP contribution in [0.1, 0.15) is 31.4 Å². The van der Waals surface area contributed by atoms with E-state index in [1.807, 2.05) is 41.5 Å². The molecular weight excluding hydrogens is 468 g/mol. The minimum Gasteiger partial charge on any atom is -0.497 e. The predicted octanol–water partition coefficient (Wildman–Crippen LogP) is 2.67. The summed E-state index contributed by atoms with van der Waals surface area (Å²) in [4.78, 5) is 34.6. The Morgan fingerprint density at radius 2 is 2.06 bits per heavy atom. The van der Waals surface area contributed by atoms with Crippen LogP contribution in [0, 0.1) is 0 Å². The van der Waals surface area contributed by atoms with Crippen LogP contribution in [0.3, 0.4) is 0 Å². The van der Waals surface area contributed by atoms with Gasteiger partial charge in [0.25, 0.3) is 0 Å². The first-order valence-electron chi connectivity index (χ1n) is 11.7. The number of allylic oxidation sites excluding steroid dienone is 1. The van der Waals surface area contributed by atoms with Crippen LogP contribution in [-0.4, -0.2) is 80.5 Å². The van der Waals surface area contributed by atoms with Crippen LogP contribution in [0.5, 0.6) is 5.75 Å². The Balaban J connectivity index is 1.47. The van der Waals surface area contributed by atoms with Gasteiger partial charge in [-0.3, -0.25) is 9.69 Å². The lowest BCUT2D eigenvalue weighted by atomic mass is 9.93. The highest BCUT2D eigenvalue weighted by Gasteiger charge is 2.41. The van der Waals surface area contributed by atoms with Crippen LogP contribution in [0.2, 0.25) is 0 Å². The number of esters is 1. The Hall–Kier alpha value is -2.82. The van der Waals surface area contributed by atoms with Gasteiger partial charge in [0.2, 0.25) is 5.91 Å². The van der Waals surface area contributed by atoms with Crippen molar-refractivity contribution >= 4 is 28.8 Å². The summed E-state index contributed by atoms with van der Waals surface area (Å²) in [6, 6.07) is 7.11. The number of rotatable bonds is 9. The van der Waals surface area contributed by atoms with Gasteiger partial charge in [0.1, 0.15) is 5.75 Å². The fourth-order valence-corrected chi connectivity index (χ4v) is 5.41. The lowest BCUT2D eigenvalue weighted by Crippen LogP contribution is -2.39. The summed E-state index contributed by atoms with van der Waals surface area (Å²) in [6.45, 7) is 6.79. The topological polar surface area (TPSA) is 92.7 Å². The molecule has 1 amide bonds. The molecule has 3 aliphatic rings. The SMILES string of the molecule is COC(=O)C1=C(C)N=C2SC=C(CC(=O)NCCCN3CCOCC3)N2C1c1cccc(OC)c1. The summed E-state index contributed by atoms with van der Waals surface area (Å²) < 4.78 is 15.9. The van der Waals surface area contributed by atoms with E-state index in [0.717, 1.165) is 55.7 Å². The number of ether oxygens (including phenoxy) is 3. The van der Waals surface area contributed by atoms with Crippen molar-refractivity contribution in [1.82, 2.24) is 15.1 Å². The molecule has 1 atom stereocenters. The van der Waals surface area contributed by atoms with E-state index >= 15 is 0 Å².